The fourth-order valence-corrected chi connectivity index (χ4v) is 5.76. The minimum atomic E-state index is -0.948. The van der Waals surface area contributed by atoms with E-state index in [1.165, 1.54) is 18.5 Å². The molecular weight excluding hydrogens is 575 g/mol. The Bertz CT molecular complexity index is 1740. The second kappa shape index (κ2) is 12.6. The zero-order valence-electron chi connectivity index (χ0n) is 23.0. The summed E-state index contributed by atoms with van der Waals surface area (Å²) in [6.45, 7) is 0.700. The standard InChI is InChI=1S/C32H30ClFN4O3S/c1-42(39)18-28(38-24-7-8-24)31-12-11-29(41-31)22-6-9-27-25(15-22)32(37-19-36-27)35-16-20-5-10-30(26(33)14-20)40-17-21-3-2-4-23(34)13-21/h2-6,9-15,19,24,28,38H,7-8,16-18H2,1H3,(H,35,36,37). The van der Waals surface area contributed by atoms with E-state index in [4.69, 9.17) is 20.8 Å². The Morgan fingerprint density at radius 3 is 2.74 bits per heavy atom. The van der Waals surface area contributed by atoms with Crippen molar-refractivity contribution in [2.24, 2.45) is 0 Å². The van der Waals surface area contributed by atoms with E-state index in [-0.39, 0.29) is 18.5 Å². The number of nitrogens with one attached hydrogen (secondary N) is 2. The molecule has 1 aliphatic rings. The molecule has 3 aromatic carbocycles. The molecule has 0 amide bonds. The molecule has 2 heterocycles. The summed E-state index contributed by atoms with van der Waals surface area (Å²) in [7, 11) is -0.948. The van der Waals surface area contributed by atoms with Gasteiger partial charge >= 0.3 is 0 Å². The van der Waals surface area contributed by atoms with E-state index in [9.17, 15) is 8.60 Å². The molecule has 2 atom stereocenters. The van der Waals surface area contributed by atoms with Crippen molar-refractivity contribution in [3.05, 3.63) is 107 Å². The first kappa shape index (κ1) is 28.3. The molecule has 6 rings (SSSR count). The van der Waals surface area contributed by atoms with E-state index in [0.29, 0.717) is 34.9 Å². The summed E-state index contributed by atoms with van der Waals surface area (Å²) in [5, 5.41) is 8.28. The van der Waals surface area contributed by atoms with Gasteiger partial charge in [-0.2, -0.15) is 0 Å². The summed E-state index contributed by atoms with van der Waals surface area (Å²) in [4.78, 5) is 8.91. The Balaban J connectivity index is 1.16. The zero-order valence-corrected chi connectivity index (χ0v) is 24.6. The van der Waals surface area contributed by atoms with Crippen LogP contribution >= 0.6 is 11.6 Å². The van der Waals surface area contributed by atoms with E-state index < -0.39 is 10.8 Å². The van der Waals surface area contributed by atoms with Gasteiger partial charge in [0.15, 0.2) is 0 Å². The summed E-state index contributed by atoms with van der Waals surface area (Å²) < 4.78 is 37.5. The van der Waals surface area contributed by atoms with Crippen molar-refractivity contribution < 1.29 is 17.8 Å². The Morgan fingerprint density at radius 2 is 1.95 bits per heavy atom. The number of hydrogen-bond donors (Lipinski definition) is 2. The van der Waals surface area contributed by atoms with Crippen LogP contribution in [0.4, 0.5) is 10.2 Å². The highest BCUT2D eigenvalue weighted by atomic mass is 35.5. The molecule has 7 nitrogen and oxygen atoms in total. The molecule has 0 bridgehead atoms. The SMILES string of the molecule is CS(=O)CC(NC1CC1)c1ccc(-c2ccc3ncnc(NCc4ccc(OCc5cccc(F)c5)c(Cl)c4)c3c2)o1. The van der Waals surface area contributed by atoms with Crippen molar-refractivity contribution in [1.82, 2.24) is 15.3 Å². The largest absolute Gasteiger partial charge is 0.487 e. The molecule has 0 aliphatic heterocycles. The average molecular weight is 605 g/mol. The maximum absolute atomic E-state index is 13.4. The topological polar surface area (TPSA) is 89.3 Å². The van der Waals surface area contributed by atoms with Crippen molar-refractivity contribution in [2.75, 3.05) is 17.3 Å². The van der Waals surface area contributed by atoms with Gasteiger partial charge in [0, 0.05) is 46.3 Å². The second-order valence-corrected chi connectivity index (χ2v) is 12.3. The van der Waals surface area contributed by atoms with Crippen LogP contribution in [0.1, 0.15) is 35.8 Å². The molecule has 0 radical (unpaired) electrons. The first-order chi connectivity index (χ1) is 20.4. The predicted molar refractivity (Wildman–Crippen MR) is 165 cm³/mol. The van der Waals surface area contributed by atoms with Gasteiger partial charge in [-0.3, -0.25) is 4.21 Å². The summed E-state index contributed by atoms with van der Waals surface area (Å²) in [5.41, 5.74) is 3.37. The molecule has 0 spiro atoms. The van der Waals surface area contributed by atoms with Gasteiger partial charge in [0.25, 0.3) is 0 Å². The maximum Gasteiger partial charge on any atom is 0.138 e. The third-order valence-corrected chi connectivity index (χ3v) is 8.14. The van der Waals surface area contributed by atoms with Crippen molar-refractivity contribution in [3.63, 3.8) is 0 Å². The van der Waals surface area contributed by atoms with Crippen LogP contribution in [0.5, 0.6) is 5.75 Å². The van der Waals surface area contributed by atoms with Gasteiger partial charge in [0.2, 0.25) is 0 Å². The number of anilines is 1. The smallest absolute Gasteiger partial charge is 0.138 e. The minimum Gasteiger partial charge on any atom is -0.487 e. The summed E-state index contributed by atoms with van der Waals surface area (Å²) in [6.07, 6.45) is 5.53. The molecule has 1 saturated carbocycles. The highest BCUT2D eigenvalue weighted by molar-refractivity contribution is 7.84. The molecule has 2 N–H and O–H groups in total. The Labute approximate surface area is 250 Å². The highest BCUT2D eigenvalue weighted by Crippen LogP contribution is 2.32. The Kier molecular flexibility index (Phi) is 8.51. The fourth-order valence-electron chi connectivity index (χ4n) is 4.77. The van der Waals surface area contributed by atoms with Crippen LogP contribution < -0.4 is 15.4 Å². The molecule has 42 heavy (non-hydrogen) atoms. The van der Waals surface area contributed by atoms with Crippen LogP contribution in [-0.4, -0.2) is 32.2 Å². The minimum absolute atomic E-state index is 0.0805. The van der Waals surface area contributed by atoms with Crippen LogP contribution in [0.15, 0.2) is 83.5 Å². The molecule has 2 aromatic heterocycles. The molecule has 2 unspecified atom stereocenters. The van der Waals surface area contributed by atoms with Crippen molar-refractivity contribution in [3.8, 4) is 17.1 Å². The van der Waals surface area contributed by atoms with E-state index >= 15 is 0 Å². The number of halogens is 2. The first-order valence-corrected chi connectivity index (χ1v) is 15.8. The fraction of sp³-hybridized carbons (Fsp3) is 0.250. The van der Waals surface area contributed by atoms with Gasteiger partial charge < -0.3 is 19.8 Å². The lowest BCUT2D eigenvalue weighted by molar-refractivity contribution is 0.305. The van der Waals surface area contributed by atoms with Gasteiger partial charge in [-0.05, 0) is 78.6 Å². The van der Waals surface area contributed by atoms with Crippen LogP contribution in [0, 0.1) is 5.82 Å². The van der Waals surface area contributed by atoms with Crippen LogP contribution in [0.25, 0.3) is 22.2 Å². The Hall–Kier alpha value is -3.79. The lowest BCUT2D eigenvalue weighted by atomic mass is 10.1. The number of ether oxygens (including phenoxy) is 1. The van der Waals surface area contributed by atoms with E-state index in [1.54, 1.807) is 18.4 Å². The molecule has 1 aliphatic carbocycles. The zero-order chi connectivity index (χ0) is 29.1. The van der Waals surface area contributed by atoms with E-state index in [1.807, 2.05) is 48.5 Å². The molecule has 216 valence electrons. The second-order valence-electron chi connectivity index (χ2n) is 10.4. The molecular formula is C32H30ClFN4O3S. The summed E-state index contributed by atoms with van der Waals surface area (Å²) in [6, 6.07) is 22.1. The predicted octanol–water partition coefficient (Wildman–Crippen LogP) is 7.05. The number of nitrogens with zero attached hydrogens (tertiary/aromatic N) is 2. The quantitative estimate of drug-likeness (QED) is 0.158. The lowest BCUT2D eigenvalue weighted by Gasteiger charge is -2.15. The van der Waals surface area contributed by atoms with Crippen LogP contribution in [0.2, 0.25) is 5.02 Å². The van der Waals surface area contributed by atoms with Crippen molar-refractivity contribution >= 4 is 39.1 Å². The third kappa shape index (κ3) is 6.98. The van der Waals surface area contributed by atoms with E-state index in [0.717, 1.165) is 52.0 Å². The molecule has 0 saturated heterocycles. The number of furan rings is 1. The van der Waals surface area contributed by atoms with Crippen molar-refractivity contribution in [1.29, 1.82) is 0 Å². The number of hydrogen-bond acceptors (Lipinski definition) is 7. The van der Waals surface area contributed by atoms with Crippen molar-refractivity contribution in [2.45, 2.75) is 38.1 Å². The van der Waals surface area contributed by atoms with Crippen LogP contribution in [0.3, 0.4) is 0 Å². The molecule has 1 fully saturated rings. The monoisotopic (exact) mass is 604 g/mol. The molecule has 10 heteroatoms. The number of fused-ring (bicyclic) bond motifs is 1. The Morgan fingerprint density at radius 1 is 1.07 bits per heavy atom. The third-order valence-electron chi connectivity index (χ3n) is 7.05. The van der Waals surface area contributed by atoms with Gasteiger partial charge in [-0.25, -0.2) is 14.4 Å². The highest BCUT2D eigenvalue weighted by Gasteiger charge is 2.27. The normalized spacial score (nSPS) is 14.5. The maximum atomic E-state index is 13.4. The van der Waals surface area contributed by atoms with E-state index in [2.05, 4.69) is 20.6 Å². The van der Waals surface area contributed by atoms with Gasteiger partial charge in [-0.1, -0.05) is 29.8 Å². The lowest BCUT2D eigenvalue weighted by Crippen LogP contribution is -2.27. The van der Waals surface area contributed by atoms with Gasteiger partial charge in [0.05, 0.1) is 16.6 Å². The number of aromatic nitrogens is 2. The van der Waals surface area contributed by atoms with Gasteiger partial charge in [0.1, 0.15) is 41.8 Å². The molecule has 5 aromatic rings. The summed E-state index contributed by atoms with van der Waals surface area (Å²) >= 11 is 6.49. The average Bonchev–Trinajstić information content (AvgIpc) is 3.66. The number of benzene rings is 3. The van der Waals surface area contributed by atoms with Gasteiger partial charge in [-0.15, -0.1) is 0 Å². The van der Waals surface area contributed by atoms with Crippen LogP contribution in [-0.2, 0) is 24.0 Å². The first-order valence-electron chi connectivity index (χ1n) is 13.7. The number of rotatable bonds is 12. The summed E-state index contributed by atoms with van der Waals surface area (Å²) in [5.74, 6) is 2.93.